The van der Waals surface area contributed by atoms with Gasteiger partial charge in [-0.05, 0) is 23.1 Å². The molecule has 0 aliphatic rings. The summed E-state index contributed by atoms with van der Waals surface area (Å²) in [5.74, 6) is -0.215. The fraction of sp³-hybridized carbons (Fsp3) is 0.500. The Kier molecular flexibility index (Phi) is 5.17. The Morgan fingerprint density at radius 3 is 2.56 bits per heavy atom. The lowest BCUT2D eigenvalue weighted by Gasteiger charge is -2.24. The van der Waals surface area contributed by atoms with Crippen molar-refractivity contribution in [1.29, 1.82) is 0 Å². The number of ether oxygens (including phenoxy) is 1. The van der Waals surface area contributed by atoms with Crippen molar-refractivity contribution in [2.75, 3.05) is 24.6 Å². The van der Waals surface area contributed by atoms with E-state index >= 15 is 0 Å². The first-order chi connectivity index (χ1) is 8.40. The summed E-state index contributed by atoms with van der Waals surface area (Å²) in [6.45, 7) is 6.61. The number of carbonyl (C=O) groups is 1. The number of halogens is 1. The smallest absolute Gasteiger partial charge is 0.243 e. The van der Waals surface area contributed by atoms with Gasteiger partial charge in [0, 0.05) is 12.8 Å². The zero-order valence-corrected chi connectivity index (χ0v) is 12.1. The van der Waals surface area contributed by atoms with Gasteiger partial charge in [0.1, 0.15) is 12.6 Å². The number of carbonyl (C=O) groups excluding carboxylic acids is 1. The van der Waals surface area contributed by atoms with Gasteiger partial charge in [-0.3, -0.25) is 9.69 Å². The molecular formula is C14H20ClNO2. The number of alkyl halides is 1. The summed E-state index contributed by atoms with van der Waals surface area (Å²) in [4.78, 5) is 13.3. The molecule has 18 heavy (non-hydrogen) atoms. The average molecular weight is 270 g/mol. The van der Waals surface area contributed by atoms with Gasteiger partial charge < -0.3 is 4.74 Å². The Bertz CT molecular complexity index is 413. The minimum Gasteiger partial charge on any atom is -0.364 e. The van der Waals surface area contributed by atoms with Crippen LogP contribution in [0.3, 0.4) is 0 Å². The van der Waals surface area contributed by atoms with Crippen LogP contribution < -0.4 is 4.90 Å². The van der Waals surface area contributed by atoms with Gasteiger partial charge in [-0.25, -0.2) is 0 Å². The lowest BCUT2D eigenvalue weighted by atomic mass is 9.87. The molecule has 0 atom stereocenters. The first kappa shape index (κ1) is 15.0. The second kappa shape index (κ2) is 6.21. The van der Waals surface area contributed by atoms with Crippen LogP contribution in [0.4, 0.5) is 5.69 Å². The van der Waals surface area contributed by atoms with Crippen LogP contribution >= 0.6 is 11.6 Å². The van der Waals surface area contributed by atoms with Crippen LogP contribution in [-0.4, -0.2) is 25.6 Å². The Morgan fingerprint density at radius 2 is 2.06 bits per heavy atom. The highest BCUT2D eigenvalue weighted by atomic mass is 35.5. The van der Waals surface area contributed by atoms with Gasteiger partial charge in [-0.1, -0.05) is 32.9 Å². The number of hydrogen-bond donors (Lipinski definition) is 0. The highest BCUT2D eigenvalue weighted by molar-refractivity contribution is 6.29. The molecule has 1 rings (SSSR count). The molecule has 0 spiro atoms. The predicted molar refractivity (Wildman–Crippen MR) is 75.2 cm³/mol. The lowest BCUT2D eigenvalue weighted by Crippen LogP contribution is -2.33. The van der Waals surface area contributed by atoms with Crippen molar-refractivity contribution in [2.45, 2.75) is 26.2 Å². The maximum absolute atomic E-state index is 11.8. The zero-order chi connectivity index (χ0) is 13.8. The van der Waals surface area contributed by atoms with E-state index in [2.05, 4.69) is 26.8 Å². The van der Waals surface area contributed by atoms with Crippen molar-refractivity contribution in [3.63, 3.8) is 0 Å². The summed E-state index contributed by atoms with van der Waals surface area (Å²) in [7, 11) is 1.56. The third kappa shape index (κ3) is 3.72. The van der Waals surface area contributed by atoms with E-state index in [0.717, 1.165) is 5.69 Å². The average Bonchev–Trinajstić information content (AvgIpc) is 2.34. The van der Waals surface area contributed by atoms with Crippen molar-refractivity contribution in [1.82, 2.24) is 0 Å². The number of benzene rings is 1. The van der Waals surface area contributed by atoms with Gasteiger partial charge in [0.2, 0.25) is 5.91 Å². The molecule has 1 aromatic carbocycles. The minimum atomic E-state index is -0.162. The van der Waals surface area contributed by atoms with Crippen molar-refractivity contribution in [3.8, 4) is 0 Å². The molecule has 0 saturated carbocycles. The Labute approximate surface area is 114 Å². The first-order valence-electron chi connectivity index (χ1n) is 5.86. The predicted octanol–water partition coefficient (Wildman–Crippen LogP) is 3.16. The van der Waals surface area contributed by atoms with Gasteiger partial charge >= 0.3 is 0 Å². The highest BCUT2D eigenvalue weighted by Crippen LogP contribution is 2.26. The van der Waals surface area contributed by atoms with E-state index in [9.17, 15) is 4.79 Å². The van der Waals surface area contributed by atoms with Crippen molar-refractivity contribution in [3.05, 3.63) is 29.8 Å². The van der Waals surface area contributed by atoms with Gasteiger partial charge in [0.05, 0.1) is 0 Å². The Hall–Kier alpha value is -1.06. The van der Waals surface area contributed by atoms with E-state index in [1.165, 1.54) is 5.56 Å². The van der Waals surface area contributed by atoms with E-state index in [4.69, 9.17) is 16.3 Å². The summed E-state index contributed by atoms with van der Waals surface area (Å²) in [5, 5.41) is 0. The van der Waals surface area contributed by atoms with E-state index < -0.39 is 0 Å². The lowest BCUT2D eigenvalue weighted by molar-refractivity contribution is -0.117. The molecule has 1 amide bonds. The fourth-order valence-corrected chi connectivity index (χ4v) is 1.78. The molecule has 0 fully saturated rings. The van der Waals surface area contributed by atoms with Crippen LogP contribution in [0.2, 0.25) is 0 Å². The molecule has 4 heteroatoms. The molecule has 1 aromatic rings. The molecule has 0 aliphatic heterocycles. The number of anilines is 1. The van der Waals surface area contributed by atoms with Crippen LogP contribution in [0.15, 0.2) is 24.3 Å². The SMILES string of the molecule is COCN(C(=O)CCl)c1cccc(C(C)(C)C)c1. The molecule has 0 bridgehead atoms. The van der Waals surface area contributed by atoms with Crippen LogP contribution in [0.1, 0.15) is 26.3 Å². The monoisotopic (exact) mass is 269 g/mol. The number of hydrogen-bond acceptors (Lipinski definition) is 2. The Morgan fingerprint density at radius 1 is 1.39 bits per heavy atom. The number of rotatable bonds is 4. The maximum atomic E-state index is 11.8. The van der Waals surface area contributed by atoms with E-state index in [1.54, 1.807) is 12.0 Å². The van der Waals surface area contributed by atoms with Crippen molar-refractivity contribution in [2.24, 2.45) is 0 Å². The van der Waals surface area contributed by atoms with Crippen LogP contribution in [0.5, 0.6) is 0 Å². The zero-order valence-electron chi connectivity index (χ0n) is 11.4. The summed E-state index contributed by atoms with van der Waals surface area (Å²) >= 11 is 5.62. The topological polar surface area (TPSA) is 29.5 Å². The molecule has 3 nitrogen and oxygen atoms in total. The first-order valence-corrected chi connectivity index (χ1v) is 6.39. The second-order valence-electron chi connectivity index (χ2n) is 5.17. The normalized spacial score (nSPS) is 11.4. The Balaban J connectivity index is 3.09. The largest absolute Gasteiger partial charge is 0.364 e. The third-order valence-corrected chi connectivity index (χ3v) is 2.93. The molecule has 0 aromatic heterocycles. The molecule has 0 N–H and O–H groups in total. The molecular weight excluding hydrogens is 250 g/mol. The van der Waals surface area contributed by atoms with Gasteiger partial charge in [-0.15, -0.1) is 11.6 Å². The van der Waals surface area contributed by atoms with Crippen molar-refractivity contribution < 1.29 is 9.53 Å². The van der Waals surface area contributed by atoms with E-state index in [0.29, 0.717) is 0 Å². The molecule has 100 valence electrons. The summed E-state index contributed by atoms with van der Waals surface area (Å²) in [6.07, 6.45) is 0. The van der Waals surface area contributed by atoms with E-state index in [1.807, 2.05) is 18.2 Å². The van der Waals surface area contributed by atoms with Crippen LogP contribution in [0, 0.1) is 0 Å². The van der Waals surface area contributed by atoms with E-state index in [-0.39, 0.29) is 23.9 Å². The molecule has 0 radical (unpaired) electrons. The van der Waals surface area contributed by atoms with Crippen molar-refractivity contribution >= 4 is 23.2 Å². The summed E-state index contributed by atoms with van der Waals surface area (Å²) in [5.41, 5.74) is 2.03. The quantitative estimate of drug-likeness (QED) is 0.621. The fourth-order valence-electron chi connectivity index (χ4n) is 1.63. The summed E-state index contributed by atoms with van der Waals surface area (Å²) in [6, 6.07) is 7.89. The molecule has 0 unspecified atom stereocenters. The van der Waals surface area contributed by atoms with Crippen LogP contribution in [0.25, 0.3) is 0 Å². The third-order valence-electron chi connectivity index (χ3n) is 2.70. The standard InChI is InChI=1S/C14H20ClNO2/c1-14(2,3)11-6-5-7-12(8-11)16(10-18-4)13(17)9-15/h5-8H,9-10H2,1-4H3. The van der Waals surface area contributed by atoms with Gasteiger partial charge in [-0.2, -0.15) is 0 Å². The highest BCUT2D eigenvalue weighted by Gasteiger charge is 2.18. The second-order valence-corrected chi connectivity index (χ2v) is 5.44. The van der Waals surface area contributed by atoms with Crippen LogP contribution in [-0.2, 0) is 14.9 Å². The number of methoxy groups -OCH3 is 1. The van der Waals surface area contributed by atoms with Gasteiger partial charge in [0.15, 0.2) is 0 Å². The minimum absolute atomic E-state index is 0.0404. The van der Waals surface area contributed by atoms with Gasteiger partial charge in [0.25, 0.3) is 0 Å². The number of nitrogens with zero attached hydrogens (tertiary/aromatic N) is 1. The molecule has 0 aliphatic carbocycles. The molecule has 0 heterocycles. The number of amides is 1. The summed E-state index contributed by atoms with van der Waals surface area (Å²) < 4.78 is 5.05. The maximum Gasteiger partial charge on any atom is 0.243 e. The molecule has 0 saturated heterocycles.